The van der Waals surface area contributed by atoms with Crippen molar-refractivity contribution >= 4 is 5.91 Å². The van der Waals surface area contributed by atoms with Crippen LogP contribution in [0, 0.1) is 0 Å². The highest BCUT2D eigenvalue weighted by molar-refractivity contribution is 5.75. The highest BCUT2D eigenvalue weighted by atomic mass is 16.1. The zero-order valence-electron chi connectivity index (χ0n) is 12.0. The summed E-state index contributed by atoms with van der Waals surface area (Å²) in [5, 5.41) is 2.68. The maximum absolute atomic E-state index is 11.2. The quantitative estimate of drug-likeness (QED) is 0.725. The van der Waals surface area contributed by atoms with Gasteiger partial charge in [-0.3, -0.25) is 4.79 Å². The lowest BCUT2D eigenvalue weighted by Crippen LogP contribution is -2.42. The van der Waals surface area contributed by atoms with E-state index >= 15 is 0 Å². The van der Waals surface area contributed by atoms with Crippen molar-refractivity contribution in [3.05, 3.63) is 0 Å². The van der Waals surface area contributed by atoms with Crippen molar-refractivity contribution in [2.24, 2.45) is 5.73 Å². The van der Waals surface area contributed by atoms with Crippen LogP contribution in [0.15, 0.2) is 0 Å². The Morgan fingerprint density at radius 1 is 1.28 bits per heavy atom. The van der Waals surface area contributed by atoms with Gasteiger partial charge in [-0.25, -0.2) is 0 Å². The van der Waals surface area contributed by atoms with E-state index in [9.17, 15) is 4.79 Å². The highest BCUT2D eigenvalue weighted by Crippen LogP contribution is 2.22. The van der Waals surface area contributed by atoms with Gasteiger partial charge in [-0.05, 0) is 51.6 Å². The number of amides is 1. The van der Waals surface area contributed by atoms with Crippen LogP contribution >= 0.6 is 0 Å². The van der Waals surface area contributed by atoms with Gasteiger partial charge < -0.3 is 16.0 Å². The van der Waals surface area contributed by atoms with Gasteiger partial charge in [-0.2, -0.15) is 0 Å². The third-order valence-electron chi connectivity index (χ3n) is 3.90. The molecule has 0 aromatic rings. The Hall–Kier alpha value is -0.610. The first-order valence-corrected chi connectivity index (χ1v) is 7.37. The average molecular weight is 255 g/mol. The summed E-state index contributed by atoms with van der Waals surface area (Å²) in [4.78, 5) is 13.8. The molecule has 0 atom stereocenters. The predicted molar refractivity (Wildman–Crippen MR) is 75.4 cm³/mol. The predicted octanol–water partition coefficient (Wildman–Crippen LogP) is 1.49. The van der Waals surface area contributed by atoms with Crippen LogP contribution in [-0.4, -0.2) is 43.0 Å². The molecule has 0 heterocycles. The smallest absolute Gasteiger partial charge is 0.219 e. The minimum atomic E-state index is 0.150. The standard InChI is InChI=1S/C14H29N3O/c1-3-10-17(11-4-5-14(18)16-2)13-8-6-12(15)7-9-13/h12-13H,3-11,15H2,1-2H3,(H,16,18). The number of hydrogen-bond acceptors (Lipinski definition) is 3. The van der Waals surface area contributed by atoms with Crippen LogP contribution in [0.5, 0.6) is 0 Å². The van der Waals surface area contributed by atoms with Crippen molar-refractivity contribution < 1.29 is 4.79 Å². The molecule has 0 aromatic heterocycles. The van der Waals surface area contributed by atoms with E-state index in [2.05, 4.69) is 17.1 Å². The van der Waals surface area contributed by atoms with Gasteiger partial charge in [0, 0.05) is 25.6 Å². The number of hydrogen-bond donors (Lipinski definition) is 2. The average Bonchev–Trinajstić information content (AvgIpc) is 2.38. The van der Waals surface area contributed by atoms with E-state index < -0.39 is 0 Å². The normalized spacial score (nSPS) is 24.2. The summed E-state index contributed by atoms with van der Waals surface area (Å²) in [7, 11) is 1.70. The summed E-state index contributed by atoms with van der Waals surface area (Å²) in [5.74, 6) is 0.150. The summed E-state index contributed by atoms with van der Waals surface area (Å²) in [6.07, 6.45) is 7.54. The van der Waals surface area contributed by atoms with Gasteiger partial charge in [-0.15, -0.1) is 0 Å². The molecule has 0 aliphatic heterocycles. The molecule has 0 bridgehead atoms. The molecular weight excluding hydrogens is 226 g/mol. The topological polar surface area (TPSA) is 58.4 Å². The minimum absolute atomic E-state index is 0.150. The lowest BCUT2D eigenvalue weighted by Gasteiger charge is -2.36. The zero-order chi connectivity index (χ0) is 13.4. The molecular formula is C14H29N3O. The number of nitrogens with zero attached hydrogens (tertiary/aromatic N) is 1. The molecule has 4 heteroatoms. The maximum Gasteiger partial charge on any atom is 0.219 e. The largest absolute Gasteiger partial charge is 0.359 e. The van der Waals surface area contributed by atoms with Crippen molar-refractivity contribution in [3.8, 4) is 0 Å². The summed E-state index contributed by atoms with van der Waals surface area (Å²) in [6, 6.07) is 1.10. The molecule has 18 heavy (non-hydrogen) atoms. The summed E-state index contributed by atoms with van der Waals surface area (Å²) in [5.41, 5.74) is 5.96. The van der Waals surface area contributed by atoms with Gasteiger partial charge in [0.15, 0.2) is 0 Å². The molecule has 0 saturated heterocycles. The van der Waals surface area contributed by atoms with Gasteiger partial charge in [0.25, 0.3) is 0 Å². The molecule has 0 unspecified atom stereocenters. The van der Waals surface area contributed by atoms with E-state index in [1.54, 1.807) is 7.05 Å². The first-order chi connectivity index (χ1) is 8.67. The molecule has 0 aromatic carbocycles. The number of nitrogens with two attached hydrogens (primary N) is 1. The molecule has 1 amide bonds. The second-order valence-electron chi connectivity index (χ2n) is 5.38. The van der Waals surface area contributed by atoms with Crippen LogP contribution in [0.1, 0.15) is 51.9 Å². The Kier molecular flexibility index (Phi) is 7.28. The molecule has 1 rings (SSSR count). The molecule has 1 aliphatic rings. The number of rotatable bonds is 7. The lowest BCUT2D eigenvalue weighted by atomic mass is 9.90. The molecule has 3 N–H and O–H groups in total. The van der Waals surface area contributed by atoms with Crippen LogP contribution in [0.2, 0.25) is 0 Å². The van der Waals surface area contributed by atoms with Crippen molar-refractivity contribution in [1.29, 1.82) is 0 Å². The molecule has 106 valence electrons. The van der Waals surface area contributed by atoms with Crippen molar-refractivity contribution in [1.82, 2.24) is 10.2 Å². The number of carbonyl (C=O) groups excluding carboxylic acids is 1. The monoisotopic (exact) mass is 255 g/mol. The minimum Gasteiger partial charge on any atom is -0.359 e. The maximum atomic E-state index is 11.2. The number of carbonyl (C=O) groups is 1. The van der Waals surface area contributed by atoms with E-state index in [0.29, 0.717) is 18.5 Å². The molecule has 1 saturated carbocycles. The Morgan fingerprint density at radius 3 is 2.50 bits per heavy atom. The van der Waals surface area contributed by atoms with Gasteiger partial charge in [0.1, 0.15) is 0 Å². The van der Waals surface area contributed by atoms with Gasteiger partial charge in [0.05, 0.1) is 0 Å². The van der Waals surface area contributed by atoms with Crippen molar-refractivity contribution in [2.75, 3.05) is 20.1 Å². The van der Waals surface area contributed by atoms with Crippen molar-refractivity contribution in [2.45, 2.75) is 64.0 Å². The van der Waals surface area contributed by atoms with E-state index in [1.165, 1.54) is 19.3 Å². The summed E-state index contributed by atoms with van der Waals surface area (Å²) < 4.78 is 0. The Morgan fingerprint density at radius 2 is 1.94 bits per heavy atom. The van der Waals surface area contributed by atoms with Gasteiger partial charge in [-0.1, -0.05) is 6.92 Å². The first kappa shape index (κ1) is 15.4. The third-order valence-corrected chi connectivity index (χ3v) is 3.90. The van der Waals surface area contributed by atoms with E-state index in [0.717, 1.165) is 32.4 Å². The van der Waals surface area contributed by atoms with Crippen LogP contribution in [0.25, 0.3) is 0 Å². The molecule has 1 fully saturated rings. The number of nitrogens with one attached hydrogen (secondary N) is 1. The first-order valence-electron chi connectivity index (χ1n) is 7.37. The van der Waals surface area contributed by atoms with Crippen LogP contribution < -0.4 is 11.1 Å². The fraction of sp³-hybridized carbons (Fsp3) is 0.929. The van der Waals surface area contributed by atoms with Crippen LogP contribution in [0.3, 0.4) is 0 Å². The lowest BCUT2D eigenvalue weighted by molar-refractivity contribution is -0.120. The van der Waals surface area contributed by atoms with E-state index in [4.69, 9.17) is 5.73 Å². The Labute approximate surface area is 111 Å². The van der Waals surface area contributed by atoms with Crippen molar-refractivity contribution in [3.63, 3.8) is 0 Å². The second kappa shape index (κ2) is 8.48. The SMILES string of the molecule is CCCN(CCCC(=O)NC)C1CCC(N)CC1. The fourth-order valence-electron chi connectivity index (χ4n) is 2.80. The fourth-order valence-corrected chi connectivity index (χ4v) is 2.80. The summed E-state index contributed by atoms with van der Waals surface area (Å²) >= 11 is 0. The highest BCUT2D eigenvalue weighted by Gasteiger charge is 2.23. The molecule has 1 aliphatic carbocycles. The summed E-state index contributed by atoms with van der Waals surface area (Å²) in [6.45, 7) is 4.41. The van der Waals surface area contributed by atoms with Crippen LogP contribution in [0.4, 0.5) is 0 Å². The van der Waals surface area contributed by atoms with Gasteiger partial charge >= 0.3 is 0 Å². The third kappa shape index (κ3) is 5.36. The van der Waals surface area contributed by atoms with E-state index in [1.807, 2.05) is 0 Å². The Bertz CT molecular complexity index is 237. The Balaban J connectivity index is 2.32. The van der Waals surface area contributed by atoms with Crippen LogP contribution in [-0.2, 0) is 4.79 Å². The zero-order valence-corrected chi connectivity index (χ0v) is 12.0. The second-order valence-corrected chi connectivity index (χ2v) is 5.38. The molecule has 4 nitrogen and oxygen atoms in total. The van der Waals surface area contributed by atoms with Gasteiger partial charge in [0.2, 0.25) is 5.91 Å². The molecule has 0 radical (unpaired) electrons. The van der Waals surface area contributed by atoms with E-state index in [-0.39, 0.29) is 5.91 Å². The molecule has 0 spiro atoms.